The Labute approximate surface area is 126 Å². The van der Waals surface area contributed by atoms with Crippen molar-refractivity contribution in [1.29, 1.82) is 0 Å². The summed E-state index contributed by atoms with van der Waals surface area (Å²) in [5.41, 5.74) is 0.820. The minimum absolute atomic E-state index is 0.247. The Hall–Kier alpha value is -1.14. The summed E-state index contributed by atoms with van der Waals surface area (Å²) >= 11 is 2.24. The molecule has 0 unspecified atom stereocenters. The second kappa shape index (κ2) is 6.86. The number of hydrogen-bond acceptors (Lipinski definition) is 2. The van der Waals surface area contributed by atoms with Crippen molar-refractivity contribution in [1.82, 2.24) is 5.32 Å². The molecule has 0 saturated heterocycles. The molecule has 0 aromatic heterocycles. The van der Waals surface area contributed by atoms with Gasteiger partial charge in [0, 0.05) is 15.7 Å². The van der Waals surface area contributed by atoms with Crippen molar-refractivity contribution >= 4 is 22.6 Å². The van der Waals surface area contributed by atoms with Gasteiger partial charge in [-0.2, -0.15) is 0 Å². The van der Waals surface area contributed by atoms with E-state index in [1.54, 1.807) is 6.07 Å². The van der Waals surface area contributed by atoms with E-state index in [-0.39, 0.29) is 5.82 Å². The van der Waals surface area contributed by atoms with E-state index < -0.39 is 0 Å². The third-order valence-electron chi connectivity index (χ3n) is 2.63. The van der Waals surface area contributed by atoms with Crippen molar-refractivity contribution in [3.8, 4) is 11.5 Å². The van der Waals surface area contributed by atoms with E-state index >= 15 is 0 Å². The number of ether oxygens (including phenoxy) is 1. The first-order valence-electron chi connectivity index (χ1n) is 6.11. The first kappa shape index (κ1) is 14.3. The van der Waals surface area contributed by atoms with E-state index in [0.29, 0.717) is 12.3 Å². The van der Waals surface area contributed by atoms with Gasteiger partial charge in [-0.05, 0) is 71.6 Å². The number of halogens is 2. The molecule has 0 aliphatic heterocycles. The summed E-state index contributed by atoms with van der Waals surface area (Å²) in [5.74, 6) is 1.19. The molecule has 0 heterocycles. The average molecular weight is 371 g/mol. The van der Waals surface area contributed by atoms with Gasteiger partial charge in [-0.1, -0.05) is 6.92 Å². The molecule has 19 heavy (non-hydrogen) atoms. The molecule has 0 fully saturated rings. The monoisotopic (exact) mass is 371 g/mol. The maximum atomic E-state index is 13.3. The number of benzene rings is 2. The maximum absolute atomic E-state index is 13.3. The zero-order valence-electron chi connectivity index (χ0n) is 10.6. The molecule has 0 saturated carbocycles. The molecule has 2 rings (SSSR count). The van der Waals surface area contributed by atoms with Crippen LogP contribution in [0.3, 0.4) is 0 Å². The number of hydrogen-bond donors (Lipinski definition) is 1. The van der Waals surface area contributed by atoms with E-state index in [1.165, 1.54) is 12.1 Å². The third kappa shape index (κ3) is 4.18. The highest BCUT2D eigenvalue weighted by molar-refractivity contribution is 14.1. The van der Waals surface area contributed by atoms with E-state index in [0.717, 1.165) is 21.4 Å². The summed E-state index contributed by atoms with van der Waals surface area (Å²) in [6.45, 7) is 3.44. The molecule has 1 N–H and O–H groups in total. The average Bonchev–Trinajstić information content (AvgIpc) is 2.41. The van der Waals surface area contributed by atoms with E-state index in [9.17, 15) is 4.39 Å². The number of rotatable bonds is 5. The van der Waals surface area contributed by atoms with Gasteiger partial charge < -0.3 is 10.1 Å². The third-order valence-corrected chi connectivity index (χ3v) is 3.35. The fourth-order valence-electron chi connectivity index (χ4n) is 1.68. The molecule has 0 atom stereocenters. The van der Waals surface area contributed by atoms with Crippen molar-refractivity contribution < 1.29 is 9.13 Å². The predicted molar refractivity (Wildman–Crippen MR) is 83.0 cm³/mol. The van der Waals surface area contributed by atoms with Crippen molar-refractivity contribution in [3.63, 3.8) is 0 Å². The summed E-state index contributed by atoms with van der Waals surface area (Å²) in [7, 11) is 0. The lowest BCUT2D eigenvalue weighted by Crippen LogP contribution is -2.12. The van der Waals surface area contributed by atoms with Gasteiger partial charge in [0.05, 0.1) is 0 Å². The van der Waals surface area contributed by atoms with Crippen LogP contribution in [-0.2, 0) is 6.54 Å². The topological polar surface area (TPSA) is 21.3 Å². The summed E-state index contributed by atoms with van der Waals surface area (Å²) < 4.78 is 20.2. The zero-order valence-corrected chi connectivity index (χ0v) is 12.8. The van der Waals surface area contributed by atoms with Crippen LogP contribution in [0.1, 0.15) is 12.5 Å². The van der Waals surface area contributed by atoms with Gasteiger partial charge in [0.15, 0.2) is 0 Å². The lowest BCUT2D eigenvalue weighted by molar-refractivity contribution is 0.470. The molecule has 0 aliphatic rings. The van der Waals surface area contributed by atoms with Crippen LogP contribution < -0.4 is 10.1 Å². The van der Waals surface area contributed by atoms with Crippen LogP contribution in [0.25, 0.3) is 0 Å². The minimum atomic E-state index is -0.247. The molecule has 0 spiro atoms. The highest BCUT2D eigenvalue weighted by atomic mass is 127. The van der Waals surface area contributed by atoms with Crippen molar-refractivity contribution in [3.05, 3.63) is 57.4 Å². The van der Waals surface area contributed by atoms with Crippen LogP contribution in [0.4, 0.5) is 4.39 Å². The molecular formula is C15H15FINO. The van der Waals surface area contributed by atoms with Crippen LogP contribution in [0.5, 0.6) is 11.5 Å². The smallest absolute Gasteiger partial charge is 0.132 e. The molecule has 0 aliphatic carbocycles. The van der Waals surface area contributed by atoms with E-state index in [2.05, 4.69) is 27.9 Å². The van der Waals surface area contributed by atoms with Crippen molar-refractivity contribution in [2.45, 2.75) is 13.5 Å². The quantitative estimate of drug-likeness (QED) is 0.790. The molecule has 0 bridgehead atoms. The molecule has 2 aromatic rings. The van der Waals surface area contributed by atoms with Crippen LogP contribution in [0, 0.1) is 9.39 Å². The van der Waals surface area contributed by atoms with Crippen LogP contribution in [0.15, 0.2) is 42.5 Å². The van der Waals surface area contributed by atoms with Gasteiger partial charge >= 0.3 is 0 Å². The van der Waals surface area contributed by atoms with Gasteiger partial charge in [0.2, 0.25) is 0 Å². The Balaban J connectivity index is 2.20. The predicted octanol–water partition coefficient (Wildman–Crippen LogP) is 4.33. The van der Waals surface area contributed by atoms with Gasteiger partial charge in [-0.15, -0.1) is 0 Å². The highest BCUT2D eigenvalue weighted by Gasteiger charge is 2.06. The zero-order chi connectivity index (χ0) is 13.7. The molecule has 2 nitrogen and oxygen atoms in total. The molecule has 0 radical (unpaired) electrons. The van der Waals surface area contributed by atoms with Gasteiger partial charge in [-0.25, -0.2) is 4.39 Å². The SMILES string of the molecule is CCNCc1cc(F)ccc1Oc1ccc(I)cc1. The van der Waals surface area contributed by atoms with E-state index in [1.807, 2.05) is 31.2 Å². The summed E-state index contributed by atoms with van der Waals surface area (Å²) in [4.78, 5) is 0. The fourth-order valence-corrected chi connectivity index (χ4v) is 2.03. The molecule has 100 valence electrons. The normalized spacial score (nSPS) is 10.5. The Morgan fingerprint density at radius 2 is 1.89 bits per heavy atom. The highest BCUT2D eigenvalue weighted by Crippen LogP contribution is 2.26. The molecule has 0 amide bonds. The lowest BCUT2D eigenvalue weighted by Gasteiger charge is -2.11. The van der Waals surface area contributed by atoms with Gasteiger partial charge in [-0.3, -0.25) is 0 Å². The Morgan fingerprint density at radius 3 is 2.58 bits per heavy atom. The summed E-state index contributed by atoms with van der Waals surface area (Å²) in [6.07, 6.45) is 0. The molecule has 4 heteroatoms. The first-order valence-corrected chi connectivity index (χ1v) is 7.19. The maximum Gasteiger partial charge on any atom is 0.132 e. The second-order valence-corrected chi connectivity index (χ2v) is 5.33. The van der Waals surface area contributed by atoms with Crippen LogP contribution in [0.2, 0.25) is 0 Å². The second-order valence-electron chi connectivity index (χ2n) is 4.09. The van der Waals surface area contributed by atoms with Crippen molar-refractivity contribution in [2.24, 2.45) is 0 Å². The summed E-state index contributed by atoms with van der Waals surface area (Å²) in [6, 6.07) is 12.3. The largest absolute Gasteiger partial charge is 0.457 e. The Morgan fingerprint density at radius 1 is 1.16 bits per heavy atom. The standard InChI is InChI=1S/C15H15FINO/c1-2-18-10-11-9-12(16)3-8-15(11)19-14-6-4-13(17)5-7-14/h3-9,18H,2,10H2,1H3. The molecular weight excluding hydrogens is 356 g/mol. The van der Waals surface area contributed by atoms with Gasteiger partial charge in [0.25, 0.3) is 0 Å². The van der Waals surface area contributed by atoms with Gasteiger partial charge in [0.1, 0.15) is 17.3 Å². The van der Waals surface area contributed by atoms with Crippen LogP contribution in [-0.4, -0.2) is 6.54 Å². The number of nitrogens with one attached hydrogen (secondary N) is 1. The Bertz CT molecular complexity index is 542. The fraction of sp³-hybridized carbons (Fsp3) is 0.200. The van der Waals surface area contributed by atoms with Crippen LogP contribution >= 0.6 is 22.6 Å². The van der Waals surface area contributed by atoms with E-state index in [4.69, 9.17) is 4.74 Å². The lowest BCUT2D eigenvalue weighted by atomic mass is 10.2. The molecule has 2 aromatic carbocycles. The minimum Gasteiger partial charge on any atom is -0.457 e. The van der Waals surface area contributed by atoms with Crippen molar-refractivity contribution in [2.75, 3.05) is 6.54 Å². The summed E-state index contributed by atoms with van der Waals surface area (Å²) in [5, 5.41) is 3.18. The first-order chi connectivity index (χ1) is 9.19. The Kier molecular flexibility index (Phi) is 5.15.